The first-order valence-corrected chi connectivity index (χ1v) is 7.95. The van der Waals surface area contributed by atoms with E-state index in [-0.39, 0.29) is 35.8 Å². The fourth-order valence-corrected chi connectivity index (χ4v) is 3.39. The van der Waals surface area contributed by atoms with Crippen molar-refractivity contribution in [2.24, 2.45) is 5.92 Å². The number of nitrogens with zero attached hydrogens (tertiary/aromatic N) is 1. The molecule has 1 rings (SSSR count). The molecule has 17 heavy (non-hydrogen) atoms. The molecule has 6 heteroatoms. The van der Waals surface area contributed by atoms with E-state index in [1.807, 2.05) is 20.8 Å². The molecular formula is C11H22N2O3S. The summed E-state index contributed by atoms with van der Waals surface area (Å²) in [6, 6.07) is -0.490. The molecule has 0 aromatic heterocycles. The lowest BCUT2D eigenvalue weighted by Gasteiger charge is -2.27. The molecule has 0 spiro atoms. The van der Waals surface area contributed by atoms with Crippen LogP contribution in [0.3, 0.4) is 0 Å². The summed E-state index contributed by atoms with van der Waals surface area (Å²) in [7, 11) is -3.07. The minimum absolute atomic E-state index is 0.00338. The number of carbonyl (C=O) groups excluding carboxylic acids is 1. The summed E-state index contributed by atoms with van der Waals surface area (Å²) in [6.07, 6.45) is 1.09. The maximum Gasteiger partial charge on any atom is 0.241 e. The Balaban J connectivity index is 2.81. The summed E-state index contributed by atoms with van der Waals surface area (Å²) in [5.74, 6) is 0.222. The molecular weight excluding hydrogens is 240 g/mol. The van der Waals surface area contributed by atoms with Gasteiger partial charge in [0.1, 0.15) is 9.84 Å². The van der Waals surface area contributed by atoms with E-state index in [2.05, 4.69) is 5.32 Å². The van der Waals surface area contributed by atoms with Crippen LogP contribution in [0.15, 0.2) is 0 Å². The van der Waals surface area contributed by atoms with Crippen LogP contribution in [-0.2, 0) is 14.6 Å². The molecule has 0 bridgehead atoms. The number of hydrogen-bond acceptors (Lipinski definition) is 4. The first-order valence-electron chi connectivity index (χ1n) is 5.89. The van der Waals surface area contributed by atoms with Gasteiger partial charge in [0.15, 0.2) is 0 Å². The summed E-state index contributed by atoms with van der Waals surface area (Å²) in [5.41, 5.74) is 0. The van der Waals surface area contributed by atoms with Gasteiger partial charge < -0.3 is 4.90 Å². The normalized spacial score (nSPS) is 27.9. The number of carbonyl (C=O) groups is 1. The van der Waals surface area contributed by atoms with Gasteiger partial charge in [-0.15, -0.1) is 0 Å². The molecule has 5 nitrogen and oxygen atoms in total. The summed E-state index contributed by atoms with van der Waals surface area (Å²) in [5, 5.41) is 3.20. The van der Waals surface area contributed by atoms with E-state index in [1.54, 1.807) is 11.8 Å². The van der Waals surface area contributed by atoms with Crippen molar-refractivity contribution < 1.29 is 13.2 Å². The third-order valence-corrected chi connectivity index (χ3v) is 4.13. The van der Waals surface area contributed by atoms with Gasteiger partial charge in [0.25, 0.3) is 0 Å². The van der Waals surface area contributed by atoms with E-state index in [0.717, 1.165) is 0 Å². The van der Waals surface area contributed by atoms with Crippen molar-refractivity contribution >= 4 is 15.7 Å². The van der Waals surface area contributed by atoms with Crippen molar-refractivity contribution in [2.45, 2.75) is 45.9 Å². The highest BCUT2D eigenvalue weighted by Crippen LogP contribution is 2.19. The number of amides is 1. The van der Waals surface area contributed by atoms with E-state index in [4.69, 9.17) is 0 Å². The molecule has 0 aromatic carbocycles. The first kappa shape index (κ1) is 14.4. The lowest BCUT2D eigenvalue weighted by molar-refractivity contribution is -0.132. The van der Waals surface area contributed by atoms with Gasteiger partial charge in [-0.2, -0.15) is 0 Å². The Morgan fingerprint density at radius 2 is 1.88 bits per heavy atom. The Hall–Kier alpha value is -0.620. The molecule has 1 fully saturated rings. The zero-order valence-electron chi connectivity index (χ0n) is 11.1. The SMILES string of the molecule is CC(C)C1NC(C)N(C(C)CS(C)(=O)=O)C1=O. The number of sulfone groups is 1. The molecule has 1 aliphatic rings. The summed E-state index contributed by atoms with van der Waals surface area (Å²) in [6.45, 7) is 7.62. The fraction of sp³-hybridized carbons (Fsp3) is 0.909. The minimum Gasteiger partial charge on any atom is -0.322 e. The van der Waals surface area contributed by atoms with Gasteiger partial charge in [0.05, 0.1) is 18.0 Å². The standard InChI is InChI=1S/C11H22N2O3S/c1-7(2)10-11(14)13(9(4)12-10)8(3)6-17(5,15)16/h7-10,12H,6H2,1-5H3. The van der Waals surface area contributed by atoms with Gasteiger partial charge in [0.2, 0.25) is 5.91 Å². The Morgan fingerprint density at radius 1 is 1.35 bits per heavy atom. The van der Waals surface area contributed by atoms with Crippen LogP contribution in [0, 0.1) is 5.92 Å². The van der Waals surface area contributed by atoms with Crippen LogP contribution in [0.25, 0.3) is 0 Å². The molecule has 1 N–H and O–H groups in total. The largest absolute Gasteiger partial charge is 0.322 e. The summed E-state index contributed by atoms with van der Waals surface area (Å²) < 4.78 is 22.5. The molecule has 3 unspecified atom stereocenters. The van der Waals surface area contributed by atoms with Crippen LogP contribution in [-0.4, -0.2) is 49.5 Å². The van der Waals surface area contributed by atoms with Crippen LogP contribution in [0.1, 0.15) is 27.7 Å². The Bertz CT molecular complexity index is 392. The van der Waals surface area contributed by atoms with Crippen LogP contribution >= 0.6 is 0 Å². The third kappa shape index (κ3) is 3.42. The molecule has 1 saturated heterocycles. The average molecular weight is 262 g/mol. The van der Waals surface area contributed by atoms with Gasteiger partial charge in [-0.05, 0) is 19.8 Å². The van der Waals surface area contributed by atoms with Crippen molar-refractivity contribution in [1.29, 1.82) is 0 Å². The molecule has 0 saturated carbocycles. The van der Waals surface area contributed by atoms with Gasteiger partial charge in [-0.3, -0.25) is 10.1 Å². The van der Waals surface area contributed by atoms with Crippen molar-refractivity contribution in [3.05, 3.63) is 0 Å². The molecule has 0 aromatic rings. The van der Waals surface area contributed by atoms with E-state index in [0.29, 0.717) is 0 Å². The Kier molecular flexibility index (Phi) is 4.19. The van der Waals surface area contributed by atoms with Crippen molar-refractivity contribution in [3.63, 3.8) is 0 Å². The van der Waals surface area contributed by atoms with Gasteiger partial charge in [-0.1, -0.05) is 13.8 Å². The summed E-state index contributed by atoms with van der Waals surface area (Å²) in [4.78, 5) is 13.8. The van der Waals surface area contributed by atoms with E-state index in [9.17, 15) is 13.2 Å². The molecule has 100 valence electrons. The van der Waals surface area contributed by atoms with Crippen molar-refractivity contribution in [2.75, 3.05) is 12.0 Å². The lowest BCUT2D eigenvalue weighted by atomic mass is 10.0. The second-order valence-electron chi connectivity index (χ2n) is 5.25. The quantitative estimate of drug-likeness (QED) is 0.787. The van der Waals surface area contributed by atoms with Crippen LogP contribution in [0.5, 0.6) is 0 Å². The van der Waals surface area contributed by atoms with E-state index in [1.165, 1.54) is 6.26 Å². The Labute approximate surface area is 103 Å². The molecule has 0 aliphatic carbocycles. The maximum atomic E-state index is 12.2. The molecule has 0 radical (unpaired) electrons. The number of rotatable bonds is 4. The van der Waals surface area contributed by atoms with E-state index >= 15 is 0 Å². The summed E-state index contributed by atoms with van der Waals surface area (Å²) >= 11 is 0. The molecule has 3 atom stereocenters. The van der Waals surface area contributed by atoms with Gasteiger partial charge >= 0.3 is 0 Å². The second kappa shape index (κ2) is 4.94. The highest BCUT2D eigenvalue weighted by Gasteiger charge is 2.40. The van der Waals surface area contributed by atoms with Gasteiger partial charge in [0, 0.05) is 12.3 Å². The molecule has 1 aliphatic heterocycles. The van der Waals surface area contributed by atoms with Crippen molar-refractivity contribution in [3.8, 4) is 0 Å². The maximum absolute atomic E-state index is 12.2. The monoisotopic (exact) mass is 262 g/mol. The zero-order chi connectivity index (χ0) is 13.4. The minimum atomic E-state index is -3.07. The van der Waals surface area contributed by atoms with E-state index < -0.39 is 9.84 Å². The Morgan fingerprint density at radius 3 is 2.24 bits per heavy atom. The predicted octanol–water partition coefficient (Wildman–Crippen LogP) is 0.222. The van der Waals surface area contributed by atoms with Gasteiger partial charge in [-0.25, -0.2) is 8.42 Å². The van der Waals surface area contributed by atoms with Crippen molar-refractivity contribution in [1.82, 2.24) is 10.2 Å². The topological polar surface area (TPSA) is 66.5 Å². The lowest BCUT2D eigenvalue weighted by Crippen LogP contribution is -2.44. The average Bonchev–Trinajstić information content (AvgIpc) is 2.38. The number of hydrogen-bond donors (Lipinski definition) is 1. The predicted molar refractivity (Wildman–Crippen MR) is 67.2 cm³/mol. The third-order valence-electron chi connectivity index (χ3n) is 3.04. The first-order chi connectivity index (χ1) is 7.63. The number of nitrogens with one attached hydrogen (secondary N) is 1. The fourth-order valence-electron chi connectivity index (χ4n) is 2.36. The molecule has 1 amide bonds. The van der Waals surface area contributed by atoms with Crippen LogP contribution in [0.2, 0.25) is 0 Å². The molecule has 1 heterocycles. The second-order valence-corrected chi connectivity index (χ2v) is 7.44. The zero-order valence-corrected chi connectivity index (χ0v) is 11.9. The van der Waals surface area contributed by atoms with Crippen LogP contribution < -0.4 is 5.32 Å². The highest BCUT2D eigenvalue weighted by atomic mass is 32.2. The smallest absolute Gasteiger partial charge is 0.241 e. The van der Waals surface area contributed by atoms with Crippen LogP contribution in [0.4, 0.5) is 0 Å². The highest BCUT2D eigenvalue weighted by molar-refractivity contribution is 7.90.